The molecule has 7 heteroatoms. The highest BCUT2D eigenvalue weighted by molar-refractivity contribution is 5.81. The molecule has 3 heterocycles. The zero-order valence-electron chi connectivity index (χ0n) is 17.8. The lowest BCUT2D eigenvalue weighted by atomic mass is 9.95. The predicted octanol–water partition coefficient (Wildman–Crippen LogP) is 3.47. The van der Waals surface area contributed by atoms with Gasteiger partial charge in [-0.15, -0.1) is 0 Å². The minimum Gasteiger partial charge on any atom is -0.471 e. The van der Waals surface area contributed by atoms with Gasteiger partial charge in [0, 0.05) is 24.5 Å². The number of hydrogen-bond donors (Lipinski definition) is 0. The van der Waals surface area contributed by atoms with Gasteiger partial charge in [-0.25, -0.2) is 9.78 Å². The second-order valence-electron chi connectivity index (χ2n) is 9.09. The number of para-hydroxylation sites is 1. The largest absolute Gasteiger partial charge is 0.471 e. The predicted molar refractivity (Wildman–Crippen MR) is 113 cm³/mol. The number of nitrogens with zero attached hydrogens (tertiary/aromatic N) is 3. The van der Waals surface area contributed by atoms with E-state index in [1.165, 1.54) is 0 Å². The molecule has 0 saturated carbocycles. The first-order valence-electron chi connectivity index (χ1n) is 10.6. The number of amides is 2. The molecule has 1 aromatic carbocycles. The molecule has 4 rings (SSSR count). The van der Waals surface area contributed by atoms with Gasteiger partial charge in [0.25, 0.3) is 0 Å². The Morgan fingerprint density at radius 2 is 1.80 bits per heavy atom. The van der Waals surface area contributed by atoms with Crippen LogP contribution in [-0.4, -0.2) is 64.7 Å². The molecule has 0 radical (unpaired) electrons. The lowest BCUT2D eigenvalue weighted by Crippen LogP contribution is -2.59. The summed E-state index contributed by atoms with van der Waals surface area (Å²) in [6.07, 6.45) is 1.22. The van der Waals surface area contributed by atoms with Crippen molar-refractivity contribution in [3.05, 3.63) is 36.4 Å². The lowest BCUT2D eigenvalue weighted by Gasteiger charge is -2.42. The second kappa shape index (κ2) is 8.13. The summed E-state index contributed by atoms with van der Waals surface area (Å²) in [5, 5.41) is 1.07. The van der Waals surface area contributed by atoms with E-state index in [2.05, 4.69) is 4.98 Å². The molecule has 1 atom stereocenters. The van der Waals surface area contributed by atoms with E-state index in [1.54, 1.807) is 4.90 Å². The minimum absolute atomic E-state index is 0.0480. The van der Waals surface area contributed by atoms with Crippen LogP contribution >= 0.6 is 0 Å². The van der Waals surface area contributed by atoms with Gasteiger partial charge in [-0.3, -0.25) is 4.79 Å². The van der Waals surface area contributed by atoms with Crippen molar-refractivity contribution in [3.8, 4) is 5.88 Å². The number of aromatic nitrogens is 1. The highest BCUT2D eigenvalue weighted by atomic mass is 16.6. The maximum Gasteiger partial charge on any atom is 0.410 e. The molecule has 0 N–H and O–H groups in total. The number of rotatable bonds is 3. The van der Waals surface area contributed by atoms with Crippen LogP contribution in [0.15, 0.2) is 36.4 Å². The Morgan fingerprint density at radius 1 is 1.03 bits per heavy atom. The van der Waals surface area contributed by atoms with E-state index in [0.717, 1.165) is 23.7 Å². The number of hydrogen-bond acceptors (Lipinski definition) is 5. The van der Waals surface area contributed by atoms with Crippen LogP contribution in [-0.2, 0) is 9.53 Å². The molecule has 2 aromatic rings. The van der Waals surface area contributed by atoms with Crippen molar-refractivity contribution in [2.45, 2.75) is 45.3 Å². The third kappa shape index (κ3) is 4.66. The van der Waals surface area contributed by atoms with Gasteiger partial charge < -0.3 is 19.3 Å². The summed E-state index contributed by atoms with van der Waals surface area (Å²) in [7, 11) is 0. The molecule has 2 saturated heterocycles. The first-order chi connectivity index (χ1) is 14.3. The summed E-state index contributed by atoms with van der Waals surface area (Å²) in [6, 6.07) is 11.8. The quantitative estimate of drug-likeness (QED) is 0.773. The van der Waals surface area contributed by atoms with Crippen LogP contribution in [0.4, 0.5) is 4.79 Å². The first kappa shape index (κ1) is 20.4. The van der Waals surface area contributed by atoms with E-state index in [1.807, 2.05) is 62.1 Å². The zero-order chi connectivity index (χ0) is 21.3. The van der Waals surface area contributed by atoms with Crippen molar-refractivity contribution in [3.63, 3.8) is 0 Å². The molecule has 0 aliphatic carbocycles. The summed E-state index contributed by atoms with van der Waals surface area (Å²) < 4.78 is 11.4. The van der Waals surface area contributed by atoms with Gasteiger partial charge in [-0.1, -0.05) is 18.2 Å². The topological polar surface area (TPSA) is 72.0 Å². The van der Waals surface area contributed by atoms with E-state index >= 15 is 0 Å². The lowest BCUT2D eigenvalue weighted by molar-refractivity contribution is -0.146. The fourth-order valence-electron chi connectivity index (χ4n) is 3.91. The molecule has 2 amide bonds. The van der Waals surface area contributed by atoms with Crippen LogP contribution in [0.2, 0.25) is 0 Å². The second-order valence-corrected chi connectivity index (χ2v) is 9.09. The molecule has 160 valence electrons. The van der Waals surface area contributed by atoms with E-state index in [4.69, 9.17) is 9.47 Å². The van der Waals surface area contributed by atoms with Gasteiger partial charge >= 0.3 is 6.09 Å². The van der Waals surface area contributed by atoms with Crippen molar-refractivity contribution in [2.75, 3.05) is 26.2 Å². The summed E-state index contributed by atoms with van der Waals surface area (Å²) in [4.78, 5) is 33.2. The molecule has 7 nitrogen and oxygen atoms in total. The smallest absolute Gasteiger partial charge is 0.410 e. The van der Waals surface area contributed by atoms with Crippen molar-refractivity contribution in [2.24, 2.45) is 5.92 Å². The number of likely N-dealkylation sites (tertiary alicyclic amines) is 2. The average Bonchev–Trinajstić information content (AvgIpc) is 2.68. The van der Waals surface area contributed by atoms with E-state index in [0.29, 0.717) is 32.1 Å². The third-order valence-corrected chi connectivity index (χ3v) is 5.44. The number of benzene rings is 1. The first-order valence-corrected chi connectivity index (χ1v) is 10.6. The SMILES string of the molecule is CC(C)(C)OC(=O)N1CCCC(C(=O)N2CC(Oc3ccc4ccccc4n3)C2)C1. The Labute approximate surface area is 177 Å². The summed E-state index contributed by atoms with van der Waals surface area (Å²) in [6.45, 7) is 7.71. The standard InChI is InChI=1S/C23H29N3O4/c1-23(2,3)30-22(28)25-12-6-8-17(13-25)21(27)26-14-18(15-26)29-20-11-10-16-7-4-5-9-19(16)24-20/h4-5,7,9-11,17-18H,6,8,12-15H2,1-3H3. The molecule has 2 aliphatic heterocycles. The Kier molecular flexibility index (Phi) is 5.54. The summed E-state index contributed by atoms with van der Waals surface area (Å²) in [5.74, 6) is 0.500. The Balaban J connectivity index is 1.28. The van der Waals surface area contributed by atoms with Gasteiger partial charge in [0.2, 0.25) is 11.8 Å². The van der Waals surface area contributed by atoms with E-state index < -0.39 is 5.60 Å². The summed E-state index contributed by atoms with van der Waals surface area (Å²) >= 11 is 0. The fraction of sp³-hybridized carbons (Fsp3) is 0.522. The normalized spacial score (nSPS) is 20.0. The van der Waals surface area contributed by atoms with Gasteiger partial charge in [0.15, 0.2) is 0 Å². The van der Waals surface area contributed by atoms with Crippen LogP contribution in [0.5, 0.6) is 5.88 Å². The maximum absolute atomic E-state index is 12.9. The molecule has 1 unspecified atom stereocenters. The number of fused-ring (bicyclic) bond motifs is 1. The molecule has 0 bridgehead atoms. The summed E-state index contributed by atoms with van der Waals surface area (Å²) in [5.41, 5.74) is 0.360. The van der Waals surface area contributed by atoms with E-state index in [9.17, 15) is 9.59 Å². The number of piperidine rings is 1. The molecular formula is C23H29N3O4. The highest BCUT2D eigenvalue weighted by Crippen LogP contribution is 2.25. The van der Waals surface area contributed by atoms with Crippen molar-refractivity contribution in [1.82, 2.24) is 14.8 Å². The van der Waals surface area contributed by atoms with Gasteiger partial charge in [-0.2, -0.15) is 0 Å². The van der Waals surface area contributed by atoms with Gasteiger partial charge in [0.05, 0.1) is 24.5 Å². The fourth-order valence-corrected chi connectivity index (χ4v) is 3.91. The zero-order valence-corrected chi connectivity index (χ0v) is 17.8. The average molecular weight is 412 g/mol. The van der Waals surface area contributed by atoms with Crippen LogP contribution in [0.3, 0.4) is 0 Å². The molecule has 0 spiro atoms. The van der Waals surface area contributed by atoms with Crippen molar-refractivity contribution >= 4 is 22.9 Å². The van der Waals surface area contributed by atoms with Crippen molar-refractivity contribution in [1.29, 1.82) is 0 Å². The Bertz CT molecular complexity index is 933. The Morgan fingerprint density at radius 3 is 2.57 bits per heavy atom. The number of ether oxygens (including phenoxy) is 2. The van der Waals surface area contributed by atoms with Crippen LogP contribution in [0.25, 0.3) is 10.9 Å². The van der Waals surface area contributed by atoms with Crippen molar-refractivity contribution < 1.29 is 19.1 Å². The minimum atomic E-state index is -0.535. The number of carbonyl (C=O) groups is 2. The molecule has 1 aromatic heterocycles. The third-order valence-electron chi connectivity index (χ3n) is 5.44. The van der Waals surface area contributed by atoms with E-state index in [-0.39, 0.29) is 24.0 Å². The van der Waals surface area contributed by atoms with Crippen LogP contribution in [0, 0.1) is 5.92 Å². The Hall–Kier alpha value is -2.83. The maximum atomic E-state index is 12.9. The molecule has 30 heavy (non-hydrogen) atoms. The van der Waals surface area contributed by atoms with Crippen LogP contribution in [0.1, 0.15) is 33.6 Å². The molecule has 2 fully saturated rings. The molecule has 2 aliphatic rings. The monoisotopic (exact) mass is 411 g/mol. The van der Waals surface area contributed by atoms with Gasteiger partial charge in [0.1, 0.15) is 11.7 Å². The number of carbonyl (C=O) groups excluding carboxylic acids is 2. The molecular weight excluding hydrogens is 382 g/mol. The van der Waals surface area contributed by atoms with Crippen LogP contribution < -0.4 is 4.74 Å². The number of pyridine rings is 1. The van der Waals surface area contributed by atoms with Gasteiger partial charge in [-0.05, 0) is 45.7 Å². The highest BCUT2D eigenvalue weighted by Gasteiger charge is 2.38.